The minimum atomic E-state index is -0.960. The monoisotopic (exact) mass is 450 g/mol. The van der Waals surface area contributed by atoms with Crippen LogP contribution >= 0.6 is 0 Å². The average molecular weight is 450 g/mol. The highest BCUT2D eigenvalue weighted by atomic mass is 16.9. The molecule has 1 aromatic carbocycles. The van der Waals surface area contributed by atoms with Crippen LogP contribution in [0.5, 0.6) is 5.75 Å². The van der Waals surface area contributed by atoms with Crippen LogP contribution in [-0.4, -0.2) is 67.7 Å². The number of fused-ring (bicyclic) bond motifs is 3. The van der Waals surface area contributed by atoms with Crippen LogP contribution in [0.25, 0.3) is 0 Å². The maximum absolute atomic E-state index is 12.9. The highest BCUT2D eigenvalue weighted by Gasteiger charge is 2.62. The molecular weight excluding hydrogens is 420 g/mol. The van der Waals surface area contributed by atoms with E-state index < -0.39 is 48.2 Å². The van der Waals surface area contributed by atoms with E-state index in [9.17, 15) is 9.59 Å². The number of anilines is 1. The molecule has 2 N–H and O–H groups in total. The molecule has 0 bridgehead atoms. The van der Waals surface area contributed by atoms with Gasteiger partial charge in [0.05, 0.1) is 12.8 Å². The van der Waals surface area contributed by atoms with E-state index in [1.807, 2.05) is 6.07 Å². The summed E-state index contributed by atoms with van der Waals surface area (Å²) in [6.45, 7) is 7.23. The highest BCUT2D eigenvalue weighted by Crippen LogP contribution is 2.44. The van der Waals surface area contributed by atoms with E-state index in [1.54, 1.807) is 45.9 Å². The molecule has 3 heterocycles. The standard InChI is InChI=1S/C22H30N2O8/c1-21(2)29-15-16(30-21)18-20(32-22(3,4)31-18)28-17(15)19(26)23-11-10-14(25)24-12-8-6-7-9-13(12)27-5/h6-9,15-18,20H,10-11H2,1-5H3,(H,23,26)(H,24,25)/t15-,16+,17+,18+,20-/m0/s1. The number of carbonyl (C=O) groups is 2. The number of amides is 2. The molecule has 0 spiro atoms. The Kier molecular flexibility index (Phi) is 6.17. The zero-order valence-electron chi connectivity index (χ0n) is 18.9. The van der Waals surface area contributed by atoms with Crippen molar-refractivity contribution in [2.75, 3.05) is 19.0 Å². The van der Waals surface area contributed by atoms with Gasteiger partial charge in [0.15, 0.2) is 24.0 Å². The third-order valence-electron chi connectivity index (χ3n) is 5.45. The summed E-state index contributed by atoms with van der Waals surface area (Å²) >= 11 is 0. The molecule has 1 aromatic rings. The van der Waals surface area contributed by atoms with Crippen LogP contribution in [0.3, 0.4) is 0 Å². The van der Waals surface area contributed by atoms with E-state index in [-0.39, 0.29) is 18.9 Å². The Labute approximate surface area is 186 Å². The number of hydrogen-bond acceptors (Lipinski definition) is 8. The first kappa shape index (κ1) is 22.9. The van der Waals surface area contributed by atoms with Gasteiger partial charge >= 0.3 is 0 Å². The van der Waals surface area contributed by atoms with E-state index in [4.69, 9.17) is 28.4 Å². The van der Waals surface area contributed by atoms with E-state index in [1.165, 1.54) is 7.11 Å². The van der Waals surface area contributed by atoms with Crippen LogP contribution in [0.1, 0.15) is 34.1 Å². The molecule has 0 aromatic heterocycles. The topological polar surface area (TPSA) is 114 Å². The Morgan fingerprint density at radius 2 is 1.62 bits per heavy atom. The van der Waals surface area contributed by atoms with Gasteiger partial charge in [-0.05, 0) is 39.8 Å². The van der Waals surface area contributed by atoms with Gasteiger partial charge in [-0.3, -0.25) is 9.59 Å². The SMILES string of the molecule is COc1ccccc1NC(=O)CCNC(=O)[C@@H]1O[C@H]2OC(C)(C)O[C@@H]2[C@@H]2OC(C)(C)O[C@@H]21. The van der Waals surface area contributed by atoms with Crippen LogP contribution in [-0.2, 0) is 33.3 Å². The lowest BCUT2D eigenvalue weighted by Crippen LogP contribution is -2.59. The van der Waals surface area contributed by atoms with Crippen LogP contribution < -0.4 is 15.4 Å². The average Bonchev–Trinajstić information content (AvgIpc) is 3.21. The molecule has 4 rings (SSSR count). The van der Waals surface area contributed by atoms with Crippen molar-refractivity contribution in [1.82, 2.24) is 5.32 Å². The predicted molar refractivity (Wildman–Crippen MR) is 112 cm³/mol. The lowest BCUT2D eigenvalue weighted by molar-refractivity contribution is -0.231. The van der Waals surface area contributed by atoms with Crippen molar-refractivity contribution in [2.24, 2.45) is 0 Å². The van der Waals surface area contributed by atoms with Gasteiger partial charge in [-0.25, -0.2) is 0 Å². The fourth-order valence-corrected chi connectivity index (χ4v) is 4.18. The van der Waals surface area contributed by atoms with Gasteiger partial charge in [0.25, 0.3) is 5.91 Å². The normalized spacial score (nSPS) is 32.0. The summed E-state index contributed by atoms with van der Waals surface area (Å²) in [5.41, 5.74) is 0.565. The number of hydrogen-bond donors (Lipinski definition) is 2. The molecule has 2 amide bonds. The fourth-order valence-electron chi connectivity index (χ4n) is 4.18. The number of benzene rings is 1. The third-order valence-corrected chi connectivity index (χ3v) is 5.45. The fraction of sp³-hybridized carbons (Fsp3) is 0.636. The smallest absolute Gasteiger partial charge is 0.252 e. The first-order valence-electron chi connectivity index (χ1n) is 10.7. The molecule has 10 nitrogen and oxygen atoms in total. The molecule has 32 heavy (non-hydrogen) atoms. The van der Waals surface area contributed by atoms with E-state index in [2.05, 4.69) is 10.6 Å². The number of para-hydroxylation sites is 2. The van der Waals surface area contributed by atoms with E-state index in [0.717, 1.165) is 0 Å². The Morgan fingerprint density at radius 1 is 0.969 bits per heavy atom. The van der Waals surface area contributed by atoms with E-state index in [0.29, 0.717) is 11.4 Å². The van der Waals surface area contributed by atoms with Crippen molar-refractivity contribution >= 4 is 17.5 Å². The van der Waals surface area contributed by atoms with Gasteiger partial charge in [-0.15, -0.1) is 0 Å². The number of nitrogens with one attached hydrogen (secondary N) is 2. The summed E-state index contributed by atoms with van der Waals surface area (Å²) < 4.78 is 34.8. The zero-order valence-corrected chi connectivity index (χ0v) is 18.9. The Bertz CT molecular complexity index is 873. The van der Waals surface area contributed by atoms with Crippen LogP contribution in [0.4, 0.5) is 5.69 Å². The third kappa shape index (κ3) is 4.74. The minimum absolute atomic E-state index is 0.0755. The van der Waals surface area contributed by atoms with Crippen LogP contribution in [0.15, 0.2) is 24.3 Å². The van der Waals surface area contributed by atoms with E-state index >= 15 is 0 Å². The number of ether oxygens (including phenoxy) is 6. The molecule has 3 aliphatic heterocycles. The second-order valence-electron chi connectivity index (χ2n) is 8.88. The molecular formula is C22H30N2O8. The molecule has 3 saturated heterocycles. The lowest BCUT2D eigenvalue weighted by atomic mass is 9.98. The maximum atomic E-state index is 12.9. The summed E-state index contributed by atoms with van der Waals surface area (Å²) in [6.07, 6.45) is -3.33. The van der Waals surface area contributed by atoms with Gasteiger partial charge < -0.3 is 39.1 Å². The largest absolute Gasteiger partial charge is 0.495 e. The van der Waals surface area contributed by atoms with Crippen LogP contribution in [0, 0.1) is 0 Å². The van der Waals surface area contributed by atoms with Gasteiger partial charge in [0.1, 0.15) is 24.1 Å². The number of carbonyl (C=O) groups excluding carboxylic acids is 2. The second kappa shape index (κ2) is 8.60. The number of rotatable bonds is 6. The summed E-state index contributed by atoms with van der Waals surface area (Å²) in [5.74, 6) is -1.86. The minimum Gasteiger partial charge on any atom is -0.495 e. The molecule has 0 aliphatic carbocycles. The second-order valence-corrected chi connectivity index (χ2v) is 8.88. The summed E-state index contributed by atoms with van der Waals surface area (Å²) in [7, 11) is 1.53. The molecule has 0 saturated carbocycles. The molecule has 5 atom stereocenters. The predicted octanol–water partition coefficient (Wildman–Crippen LogP) is 1.54. The number of methoxy groups -OCH3 is 1. The zero-order chi connectivity index (χ0) is 23.1. The van der Waals surface area contributed by atoms with Crippen molar-refractivity contribution in [3.05, 3.63) is 24.3 Å². The summed E-state index contributed by atoms with van der Waals surface area (Å²) in [5, 5.41) is 5.52. The lowest BCUT2D eigenvalue weighted by Gasteiger charge is -2.36. The molecule has 0 unspecified atom stereocenters. The first-order chi connectivity index (χ1) is 15.1. The Balaban J connectivity index is 1.35. The molecule has 0 radical (unpaired) electrons. The summed E-state index contributed by atoms with van der Waals surface area (Å²) in [6, 6.07) is 7.10. The van der Waals surface area contributed by atoms with Crippen LogP contribution in [0.2, 0.25) is 0 Å². The summed E-state index contributed by atoms with van der Waals surface area (Å²) in [4.78, 5) is 25.2. The highest BCUT2D eigenvalue weighted by molar-refractivity contribution is 5.92. The van der Waals surface area contributed by atoms with Crippen molar-refractivity contribution in [1.29, 1.82) is 0 Å². The van der Waals surface area contributed by atoms with Crippen molar-refractivity contribution in [3.8, 4) is 5.75 Å². The van der Waals surface area contributed by atoms with Gasteiger partial charge in [-0.1, -0.05) is 12.1 Å². The van der Waals surface area contributed by atoms with Crippen molar-refractivity contribution in [2.45, 2.75) is 76.4 Å². The van der Waals surface area contributed by atoms with Crippen molar-refractivity contribution < 1.29 is 38.0 Å². The first-order valence-corrected chi connectivity index (χ1v) is 10.7. The quantitative estimate of drug-likeness (QED) is 0.671. The molecule has 176 valence electrons. The van der Waals surface area contributed by atoms with Gasteiger partial charge in [0.2, 0.25) is 5.91 Å². The molecule has 10 heteroatoms. The van der Waals surface area contributed by atoms with Gasteiger partial charge in [-0.2, -0.15) is 0 Å². The Hall–Kier alpha value is -2.24. The molecule has 3 fully saturated rings. The maximum Gasteiger partial charge on any atom is 0.252 e. The van der Waals surface area contributed by atoms with Crippen molar-refractivity contribution in [3.63, 3.8) is 0 Å². The Morgan fingerprint density at radius 3 is 2.38 bits per heavy atom. The molecule has 3 aliphatic rings. The van der Waals surface area contributed by atoms with Gasteiger partial charge in [0, 0.05) is 13.0 Å².